The molecule has 0 spiro atoms. The van der Waals surface area contributed by atoms with Gasteiger partial charge in [-0.1, -0.05) is 79.2 Å². The average Bonchev–Trinajstić information content (AvgIpc) is 3.64. The zero-order valence-corrected chi connectivity index (χ0v) is 22.9. The highest BCUT2D eigenvalue weighted by Crippen LogP contribution is 2.35. The number of nitrogens with zero attached hydrogens (tertiary/aromatic N) is 2. The Morgan fingerprint density at radius 3 is 2.07 bits per heavy atom. The number of rotatable bonds is 5. The minimum absolute atomic E-state index is 0.0957. The third-order valence-electron chi connectivity index (χ3n) is 7.47. The molecule has 2 heterocycles. The lowest BCUT2D eigenvalue weighted by Crippen LogP contribution is -2.03. The highest BCUT2D eigenvalue weighted by atomic mass is 35.5. The molecule has 2 aromatic heterocycles. The van der Waals surface area contributed by atoms with E-state index in [-0.39, 0.29) is 17.1 Å². The fourth-order valence-corrected chi connectivity index (χ4v) is 5.65. The molecule has 0 bridgehead atoms. The summed E-state index contributed by atoms with van der Waals surface area (Å²) in [5.74, 6) is -0.152. The van der Waals surface area contributed by atoms with E-state index >= 15 is 0 Å². The molecular weight excluding hydrogens is 532 g/mol. The van der Waals surface area contributed by atoms with Gasteiger partial charge in [-0.25, -0.2) is 0 Å². The molecule has 6 aromatic rings. The number of fused-ring (bicyclic) bond motifs is 2. The van der Waals surface area contributed by atoms with Crippen molar-refractivity contribution in [3.63, 3.8) is 0 Å². The quantitative estimate of drug-likeness (QED) is 0.158. The van der Waals surface area contributed by atoms with Gasteiger partial charge in [-0.3, -0.25) is 14.2 Å². The Balaban J connectivity index is 1.32. The average molecular weight is 555 g/mol. The number of aryl methyl sites for hydroxylation is 1. The number of carbonyl (C=O) groups excluding carboxylic acids is 2. The number of allylic oxidation sites excluding steroid dienone is 1. The first-order valence-corrected chi connectivity index (χ1v) is 13.8. The molecule has 5 nitrogen and oxygen atoms in total. The van der Waals surface area contributed by atoms with Crippen LogP contribution in [0.25, 0.3) is 45.6 Å². The first kappa shape index (κ1) is 25.0. The molecule has 1 aliphatic carbocycles. The van der Waals surface area contributed by atoms with Gasteiger partial charge in [0.2, 0.25) is 5.89 Å². The normalized spacial score (nSPS) is 13.9. The van der Waals surface area contributed by atoms with Crippen molar-refractivity contribution in [2.45, 2.75) is 13.3 Å². The third kappa shape index (κ3) is 4.22. The van der Waals surface area contributed by atoms with Gasteiger partial charge in [-0.2, -0.15) is 4.98 Å². The van der Waals surface area contributed by atoms with E-state index in [1.54, 1.807) is 18.2 Å². The second-order valence-electron chi connectivity index (χ2n) is 9.95. The molecule has 41 heavy (non-hydrogen) atoms. The highest BCUT2D eigenvalue weighted by molar-refractivity contribution is 6.42. The fourth-order valence-electron chi connectivity index (χ4n) is 5.35. The maximum atomic E-state index is 13.4. The van der Waals surface area contributed by atoms with Gasteiger partial charge in [0.25, 0.3) is 0 Å². The molecule has 6 heteroatoms. The molecule has 0 atom stereocenters. The fraction of sp³-hybridized carbons (Fsp3) is 0.0571. The van der Waals surface area contributed by atoms with Crippen LogP contribution in [0.5, 0.6) is 0 Å². The highest BCUT2D eigenvalue weighted by Gasteiger charge is 2.34. The predicted octanol–water partition coefficient (Wildman–Crippen LogP) is 8.63. The first-order chi connectivity index (χ1) is 20.0. The van der Waals surface area contributed by atoms with Crippen molar-refractivity contribution in [1.82, 2.24) is 9.55 Å². The zero-order valence-electron chi connectivity index (χ0n) is 22.1. The van der Waals surface area contributed by atoms with E-state index in [0.29, 0.717) is 45.4 Å². The van der Waals surface area contributed by atoms with Gasteiger partial charge < -0.3 is 4.42 Å². The van der Waals surface area contributed by atoms with Crippen LogP contribution in [-0.4, -0.2) is 21.1 Å². The minimum atomic E-state index is -0.334. The second-order valence-corrected chi connectivity index (χ2v) is 10.4. The van der Waals surface area contributed by atoms with E-state index in [0.717, 1.165) is 27.9 Å². The smallest absolute Gasteiger partial charge is 0.228 e. The largest absolute Gasteiger partial charge is 0.434 e. The lowest BCUT2D eigenvalue weighted by Gasteiger charge is -2.07. The van der Waals surface area contributed by atoms with E-state index in [2.05, 4.69) is 12.1 Å². The Hall–Kier alpha value is -5.00. The van der Waals surface area contributed by atoms with Gasteiger partial charge in [0.1, 0.15) is 0 Å². The van der Waals surface area contributed by atoms with E-state index in [4.69, 9.17) is 21.0 Å². The molecule has 0 saturated carbocycles. The number of benzene rings is 4. The van der Waals surface area contributed by atoms with E-state index in [9.17, 15) is 9.59 Å². The van der Waals surface area contributed by atoms with Crippen molar-refractivity contribution in [3.8, 4) is 28.3 Å². The topological polar surface area (TPSA) is 65.1 Å². The molecule has 7 rings (SSSR count). The maximum Gasteiger partial charge on any atom is 0.228 e. The van der Waals surface area contributed by atoms with E-state index < -0.39 is 0 Å². The number of ketones is 2. The van der Waals surface area contributed by atoms with Crippen molar-refractivity contribution in [1.29, 1.82) is 0 Å². The van der Waals surface area contributed by atoms with Crippen LogP contribution in [0.3, 0.4) is 0 Å². The Bertz CT molecular complexity index is 2000. The molecule has 1 aliphatic rings. The van der Waals surface area contributed by atoms with Gasteiger partial charge in [0.05, 0.1) is 11.3 Å². The summed E-state index contributed by atoms with van der Waals surface area (Å²) < 4.78 is 8.12. The number of hydrogen-bond acceptors (Lipinski definition) is 4. The number of aromatic nitrogens is 2. The summed E-state index contributed by atoms with van der Waals surface area (Å²) in [6.45, 7) is 1.96. The molecule has 0 aliphatic heterocycles. The molecule has 0 fully saturated rings. The van der Waals surface area contributed by atoms with Crippen molar-refractivity contribution >= 4 is 40.5 Å². The number of oxazole rings is 1. The summed E-state index contributed by atoms with van der Waals surface area (Å²) in [6.07, 6.45) is 2.30. The van der Waals surface area contributed by atoms with Crippen LogP contribution in [0.15, 0.2) is 113 Å². The van der Waals surface area contributed by atoms with Crippen LogP contribution in [-0.2, 0) is 6.42 Å². The monoisotopic (exact) mass is 554 g/mol. The number of carbonyl (C=O) groups is 2. The predicted molar refractivity (Wildman–Crippen MR) is 162 cm³/mol. The molecule has 0 radical (unpaired) electrons. The summed E-state index contributed by atoms with van der Waals surface area (Å²) in [5, 5.41) is 0.493. The van der Waals surface area contributed by atoms with Crippen LogP contribution in [0.2, 0.25) is 5.02 Å². The Morgan fingerprint density at radius 2 is 1.39 bits per heavy atom. The number of para-hydroxylation sites is 1. The van der Waals surface area contributed by atoms with Crippen molar-refractivity contribution in [2.75, 3.05) is 0 Å². The molecule has 0 amide bonds. The molecule has 198 valence electrons. The lowest BCUT2D eigenvalue weighted by molar-refractivity contribution is 0.0990. The Morgan fingerprint density at radius 1 is 0.780 bits per heavy atom. The van der Waals surface area contributed by atoms with Crippen LogP contribution < -0.4 is 0 Å². The summed E-state index contributed by atoms with van der Waals surface area (Å²) in [7, 11) is 0. The number of Topliss-reactive ketones (excluding diaryl/α,β-unsaturated/α-hetero) is 2. The van der Waals surface area contributed by atoms with Crippen molar-refractivity contribution < 1.29 is 14.0 Å². The maximum absolute atomic E-state index is 13.4. The molecular formula is C35H23ClN2O3. The SMILES string of the molecule is CCc1cc2c(cc1Cl)C(=O)/C(=C\c1cc3oc(-c4ccc(-c5ccccc5)cc4)nc3n1-c1ccccc1)C2=O. The zero-order chi connectivity index (χ0) is 28.1. The van der Waals surface area contributed by atoms with Gasteiger partial charge >= 0.3 is 0 Å². The number of halogens is 1. The van der Waals surface area contributed by atoms with Crippen molar-refractivity contribution in [2.24, 2.45) is 0 Å². The third-order valence-corrected chi connectivity index (χ3v) is 7.83. The standard InChI is InChI=1S/C35H23ClN2O3/c1-2-21-17-27-28(20-30(21)36)33(40)29(32(27)39)18-26-19-31-34(38(26)25-11-7-4-8-12-25)37-35(41-31)24-15-13-23(14-16-24)22-9-5-3-6-10-22/h3-20H,2H2,1H3/b29-18-. The molecule has 4 aromatic carbocycles. The van der Waals surface area contributed by atoms with Gasteiger partial charge in [0, 0.05) is 33.5 Å². The Labute approximate surface area is 241 Å². The summed E-state index contributed by atoms with van der Waals surface area (Å²) in [4.78, 5) is 31.6. The van der Waals surface area contributed by atoms with Crippen LogP contribution in [0.4, 0.5) is 0 Å². The number of hydrogen-bond donors (Lipinski definition) is 0. The second kappa shape index (κ2) is 9.88. The lowest BCUT2D eigenvalue weighted by atomic mass is 10.0. The Kier molecular flexibility index (Phi) is 6.02. The summed E-state index contributed by atoms with van der Waals surface area (Å²) in [5.41, 5.74) is 7.35. The molecule has 0 saturated heterocycles. The van der Waals surface area contributed by atoms with Crippen LogP contribution in [0.1, 0.15) is 38.9 Å². The van der Waals surface area contributed by atoms with Gasteiger partial charge in [0.15, 0.2) is 22.8 Å². The summed E-state index contributed by atoms with van der Waals surface area (Å²) in [6, 6.07) is 33.1. The van der Waals surface area contributed by atoms with Gasteiger partial charge in [-0.15, -0.1) is 0 Å². The minimum Gasteiger partial charge on any atom is -0.434 e. The van der Waals surface area contributed by atoms with Gasteiger partial charge in [-0.05, 0) is 65.6 Å². The summed E-state index contributed by atoms with van der Waals surface area (Å²) >= 11 is 6.37. The first-order valence-electron chi connectivity index (χ1n) is 13.4. The van der Waals surface area contributed by atoms with Crippen LogP contribution in [0, 0.1) is 0 Å². The van der Waals surface area contributed by atoms with E-state index in [1.807, 2.05) is 90.4 Å². The molecule has 0 unspecified atom stereocenters. The van der Waals surface area contributed by atoms with Crippen LogP contribution >= 0.6 is 11.6 Å². The van der Waals surface area contributed by atoms with E-state index in [1.165, 1.54) is 0 Å². The van der Waals surface area contributed by atoms with Crippen molar-refractivity contribution in [3.05, 3.63) is 136 Å². The molecule has 0 N–H and O–H groups in total.